The maximum atomic E-state index is 13.7. The van der Waals surface area contributed by atoms with Crippen LogP contribution in [0.15, 0.2) is 0 Å². The van der Waals surface area contributed by atoms with Gasteiger partial charge in [-0.3, -0.25) is 0 Å². The van der Waals surface area contributed by atoms with Gasteiger partial charge in [-0.1, -0.05) is 0 Å². The molecule has 78 valence electrons. The normalized spacial score (nSPS) is 22.9. The summed E-state index contributed by atoms with van der Waals surface area (Å²) in [5.74, 6) is 0. The summed E-state index contributed by atoms with van der Waals surface area (Å²) in [4.78, 5) is 0. The lowest BCUT2D eigenvalue weighted by molar-refractivity contribution is 0.121. The van der Waals surface area contributed by atoms with Crippen molar-refractivity contribution in [3.63, 3.8) is 0 Å². The van der Waals surface area contributed by atoms with Gasteiger partial charge in [0, 0.05) is 6.54 Å². The minimum atomic E-state index is -3.27. The first-order valence-corrected chi connectivity index (χ1v) is 6.15. The Morgan fingerprint density at radius 3 is 2.46 bits per heavy atom. The molecule has 13 heavy (non-hydrogen) atoms. The quantitative estimate of drug-likeness (QED) is 0.668. The zero-order valence-electron chi connectivity index (χ0n) is 7.64. The van der Waals surface area contributed by atoms with E-state index in [2.05, 4.69) is 10.0 Å². The Balaban J connectivity index is 2.42. The van der Waals surface area contributed by atoms with Crippen molar-refractivity contribution in [2.24, 2.45) is 0 Å². The molecule has 0 aliphatic carbocycles. The molecule has 1 saturated heterocycles. The largest absolute Gasteiger partial charge is 0.316 e. The van der Waals surface area contributed by atoms with Crippen molar-refractivity contribution in [3.8, 4) is 0 Å². The Bertz CT molecular complexity index is 260. The van der Waals surface area contributed by atoms with Crippen LogP contribution in [0.3, 0.4) is 0 Å². The van der Waals surface area contributed by atoms with E-state index in [0.717, 1.165) is 6.26 Å². The minimum absolute atomic E-state index is 0.104. The van der Waals surface area contributed by atoms with Gasteiger partial charge in [0.05, 0.1) is 6.26 Å². The number of hydrogen-bond donors (Lipinski definition) is 2. The van der Waals surface area contributed by atoms with Crippen LogP contribution in [0.2, 0.25) is 0 Å². The predicted molar refractivity (Wildman–Crippen MR) is 48.8 cm³/mol. The lowest BCUT2D eigenvalue weighted by atomic mass is 9.95. The van der Waals surface area contributed by atoms with Crippen LogP contribution in [0, 0.1) is 0 Å². The lowest BCUT2D eigenvalue weighted by Crippen LogP contribution is -2.46. The number of rotatable bonds is 3. The van der Waals surface area contributed by atoms with Gasteiger partial charge in [-0.05, 0) is 25.9 Å². The van der Waals surface area contributed by atoms with Crippen LogP contribution in [-0.2, 0) is 10.0 Å². The average molecular weight is 210 g/mol. The van der Waals surface area contributed by atoms with Crippen LogP contribution in [0.5, 0.6) is 0 Å². The molecule has 1 fully saturated rings. The average Bonchev–Trinajstić information content (AvgIpc) is 2.02. The summed E-state index contributed by atoms with van der Waals surface area (Å²) in [6, 6.07) is 0. The fourth-order valence-corrected chi connectivity index (χ4v) is 1.83. The maximum Gasteiger partial charge on any atom is 0.208 e. The molecular formula is C7H15FN2O2S. The van der Waals surface area contributed by atoms with Crippen LogP contribution in [0.1, 0.15) is 12.8 Å². The van der Waals surface area contributed by atoms with Crippen molar-refractivity contribution in [2.45, 2.75) is 18.5 Å². The first kappa shape index (κ1) is 10.9. The number of alkyl halides is 1. The van der Waals surface area contributed by atoms with Crippen LogP contribution < -0.4 is 10.0 Å². The molecule has 0 radical (unpaired) electrons. The van der Waals surface area contributed by atoms with Crippen molar-refractivity contribution in [2.75, 3.05) is 25.9 Å². The Kier molecular flexibility index (Phi) is 3.26. The van der Waals surface area contributed by atoms with Crippen LogP contribution >= 0.6 is 0 Å². The first-order valence-electron chi connectivity index (χ1n) is 4.26. The molecule has 0 aromatic rings. The van der Waals surface area contributed by atoms with Gasteiger partial charge in [0.1, 0.15) is 5.67 Å². The van der Waals surface area contributed by atoms with E-state index in [4.69, 9.17) is 0 Å². The highest BCUT2D eigenvalue weighted by Gasteiger charge is 2.32. The molecule has 0 atom stereocenters. The van der Waals surface area contributed by atoms with Crippen molar-refractivity contribution in [1.82, 2.24) is 10.0 Å². The van der Waals surface area contributed by atoms with Crippen LogP contribution in [0.4, 0.5) is 4.39 Å². The summed E-state index contributed by atoms with van der Waals surface area (Å²) in [5, 5.41) is 3.02. The second kappa shape index (κ2) is 3.89. The van der Waals surface area contributed by atoms with E-state index in [1.54, 1.807) is 0 Å². The third kappa shape index (κ3) is 4.02. The van der Waals surface area contributed by atoms with Gasteiger partial charge in [0.25, 0.3) is 0 Å². The van der Waals surface area contributed by atoms with E-state index < -0.39 is 15.7 Å². The van der Waals surface area contributed by atoms with Gasteiger partial charge in [0.15, 0.2) is 0 Å². The van der Waals surface area contributed by atoms with Crippen LogP contribution in [-0.4, -0.2) is 40.0 Å². The Hall–Kier alpha value is -0.200. The number of halogens is 1. The molecule has 0 aromatic carbocycles. The molecule has 4 nitrogen and oxygen atoms in total. The summed E-state index contributed by atoms with van der Waals surface area (Å²) in [7, 11) is -3.27. The fraction of sp³-hybridized carbons (Fsp3) is 1.00. The summed E-state index contributed by atoms with van der Waals surface area (Å²) in [6.07, 6.45) is 1.78. The van der Waals surface area contributed by atoms with Crippen molar-refractivity contribution in [1.29, 1.82) is 0 Å². The molecule has 1 aliphatic rings. The molecule has 0 unspecified atom stereocenters. The number of hydrogen-bond acceptors (Lipinski definition) is 3. The van der Waals surface area contributed by atoms with Crippen molar-refractivity contribution < 1.29 is 12.8 Å². The molecule has 0 saturated carbocycles. The van der Waals surface area contributed by atoms with E-state index in [0.29, 0.717) is 25.9 Å². The highest BCUT2D eigenvalue weighted by Crippen LogP contribution is 2.21. The van der Waals surface area contributed by atoms with E-state index in [9.17, 15) is 12.8 Å². The van der Waals surface area contributed by atoms with E-state index in [-0.39, 0.29) is 6.54 Å². The van der Waals surface area contributed by atoms with Gasteiger partial charge < -0.3 is 5.32 Å². The Morgan fingerprint density at radius 2 is 2.00 bits per heavy atom. The molecule has 0 spiro atoms. The van der Waals surface area contributed by atoms with E-state index in [1.165, 1.54) is 0 Å². The minimum Gasteiger partial charge on any atom is -0.316 e. The van der Waals surface area contributed by atoms with Gasteiger partial charge in [-0.2, -0.15) is 0 Å². The standard InChI is InChI=1S/C7H15FN2O2S/c1-13(11,12)10-6-7(8)2-4-9-5-3-7/h9-10H,2-6H2,1H3. The Morgan fingerprint density at radius 1 is 1.46 bits per heavy atom. The van der Waals surface area contributed by atoms with Gasteiger partial charge >= 0.3 is 0 Å². The van der Waals surface area contributed by atoms with Crippen molar-refractivity contribution >= 4 is 10.0 Å². The first-order chi connectivity index (χ1) is 5.91. The van der Waals surface area contributed by atoms with Gasteiger partial charge in [0.2, 0.25) is 10.0 Å². The summed E-state index contributed by atoms with van der Waals surface area (Å²) < 4.78 is 37.4. The highest BCUT2D eigenvalue weighted by molar-refractivity contribution is 7.88. The zero-order valence-corrected chi connectivity index (χ0v) is 8.45. The smallest absolute Gasteiger partial charge is 0.208 e. The highest BCUT2D eigenvalue weighted by atomic mass is 32.2. The molecule has 0 aromatic heterocycles. The Labute approximate surface area is 77.9 Å². The molecule has 6 heteroatoms. The zero-order chi connectivity index (χ0) is 9.95. The van der Waals surface area contributed by atoms with E-state index in [1.807, 2.05) is 0 Å². The third-order valence-electron chi connectivity index (χ3n) is 2.15. The number of piperidine rings is 1. The molecule has 1 rings (SSSR count). The second-order valence-electron chi connectivity index (χ2n) is 3.49. The molecule has 0 bridgehead atoms. The summed E-state index contributed by atoms with van der Waals surface area (Å²) in [6.45, 7) is 1.12. The molecule has 0 amide bonds. The second-order valence-corrected chi connectivity index (χ2v) is 5.33. The van der Waals surface area contributed by atoms with Gasteiger partial charge in [-0.15, -0.1) is 0 Å². The van der Waals surface area contributed by atoms with Gasteiger partial charge in [-0.25, -0.2) is 17.5 Å². The fourth-order valence-electron chi connectivity index (χ4n) is 1.31. The SMILES string of the molecule is CS(=O)(=O)NCC1(F)CCNCC1. The summed E-state index contributed by atoms with van der Waals surface area (Å²) >= 11 is 0. The van der Waals surface area contributed by atoms with Crippen LogP contribution in [0.25, 0.3) is 0 Å². The predicted octanol–water partition coefficient (Wildman–Crippen LogP) is -0.373. The van der Waals surface area contributed by atoms with E-state index >= 15 is 0 Å². The third-order valence-corrected chi connectivity index (χ3v) is 2.82. The molecule has 1 aliphatic heterocycles. The molecule has 2 N–H and O–H groups in total. The summed E-state index contributed by atoms with van der Waals surface area (Å²) in [5.41, 5.74) is -1.37. The molecular weight excluding hydrogens is 195 g/mol. The maximum absolute atomic E-state index is 13.7. The molecule has 1 heterocycles. The monoisotopic (exact) mass is 210 g/mol. The number of sulfonamides is 1. The van der Waals surface area contributed by atoms with Crippen molar-refractivity contribution in [3.05, 3.63) is 0 Å². The lowest BCUT2D eigenvalue weighted by Gasteiger charge is -2.29. The number of nitrogens with one attached hydrogen (secondary N) is 2. The topological polar surface area (TPSA) is 58.2 Å².